The summed E-state index contributed by atoms with van der Waals surface area (Å²) < 4.78 is 15.4. The smallest absolute Gasteiger partial charge is 0.412 e. The van der Waals surface area contributed by atoms with E-state index in [0.717, 1.165) is 0 Å². The molecule has 8 heteroatoms. The van der Waals surface area contributed by atoms with Crippen molar-refractivity contribution < 1.29 is 28.3 Å². The third-order valence-corrected chi connectivity index (χ3v) is 3.43. The molecular weight excluding hydrogens is 364 g/mol. The van der Waals surface area contributed by atoms with Crippen LogP contribution in [-0.2, 0) is 14.3 Å². The summed E-state index contributed by atoms with van der Waals surface area (Å²) >= 11 is 0. The summed E-state index contributed by atoms with van der Waals surface area (Å²) in [5.41, 5.74) is -0.0686. The van der Waals surface area contributed by atoms with Crippen molar-refractivity contribution in [1.29, 1.82) is 0 Å². The number of nitrogens with one attached hydrogen (secondary N) is 2. The molecule has 1 heterocycles. The first kappa shape index (κ1) is 21.0. The number of carbonyl (C=O) groups excluding carboxylic acids is 3. The summed E-state index contributed by atoms with van der Waals surface area (Å²) in [5.74, 6) is -0.547. The van der Waals surface area contributed by atoms with E-state index in [1.807, 2.05) is 0 Å². The second kappa shape index (κ2) is 9.07. The van der Waals surface area contributed by atoms with Crippen LogP contribution in [0.25, 0.3) is 0 Å². The second-order valence-corrected chi connectivity index (χ2v) is 7.09. The van der Waals surface area contributed by atoms with Gasteiger partial charge in [-0.3, -0.25) is 10.1 Å². The molecule has 2 amide bonds. The third-order valence-electron chi connectivity index (χ3n) is 3.43. The van der Waals surface area contributed by atoms with Crippen LogP contribution in [0, 0.1) is 0 Å². The Kier molecular flexibility index (Phi) is 6.81. The van der Waals surface area contributed by atoms with Crippen molar-refractivity contribution >= 4 is 23.7 Å². The van der Waals surface area contributed by atoms with Gasteiger partial charge in [0.05, 0.1) is 17.9 Å². The number of ether oxygens (including phenoxy) is 2. The number of hydrogen-bond donors (Lipinski definition) is 2. The lowest BCUT2D eigenvalue weighted by molar-refractivity contribution is -0.125. The summed E-state index contributed by atoms with van der Waals surface area (Å²) in [7, 11) is 0. The fraction of sp³-hybridized carbons (Fsp3) is 0.350. The van der Waals surface area contributed by atoms with Crippen molar-refractivity contribution in [3.63, 3.8) is 0 Å². The van der Waals surface area contributed by atoms with Gasteiger partial charge < -0.3 is 19.2 Å². The summed E-state index contributed by atoms with van der Waals surface area (Å²) in [6, 6.07) is 9.27. The number of rotatable bonds is 6. The molecule has 0 saturated heterocycles. The largest absolute Gasteiger partial charge is 0.467 e. The molecule has 0 spiro atoms. The van der Waals surface area contributed by atoms with Gasteiger partial charge in [-0.25, -0.2) is 9.59 Å². The van der Waals surface area contributed by atoms with Crippen LogP contribution in [0.1, 0.15) is 49.9 Å². The van der Waals surface area contributed by atoms with Crippen molar-refractivity contribution in [2.45, 2.75) is 39.3 Å². The zero-order chi connectivity index (χ0) is 20.7. The zero-order valence-electron chi connectivity index (χ0n) is 16.3. The summed E-state index contributed by atoms with van der Waals surface area (Å²) in [4.78, 5) is 35.9. The van der Waals surface area contributed by atoms with Crippen molar-refractivity contribution in [1.82, 2.24) is 5.32 Å². The number of anilines is 1. The average Bonchev–Trinajstić information content (AvgIpc) is 3.13. The predicted octanol–water partition coefficient (Wildman–Crippen LogP) is 3.66. The normalized spacial score (nSPS) is 12.0. The Morgan fingerprint density at radius 3 is 2.54 bits per heavy atom. The summed E-state index contributed by atoms with van der Waals surface area (Å²) in [5, 5.41) is 5.21. The van der Waals surface area contributed by atoms with E-state index >= 15 is 0 Å². The fourth-order valence-electron chi connectivity index (χ4n) is 2.25. The number of esters is 1. The van der Waals surface area contributed by atoms with E-state index in [-0.39, 0.29) is 11.6 Å². The highest BCUT2D eigenvalue weighted by Gasteiger charge is 2.17. The molecule has 0 saturated carbocycles. The van der Waals surface area contributed by atoms with E-state index < -0.39 is 30.2 Å². The summed E-state index contributed by atoms with van der Waals surface area (Å²) in [6.45, 7) is 6.56. The van der Waals surface area contributed by atoms with Gasteiger partial charge in [0.1, 0.15) is 11.4 Å². The Labute approximate surface area is 163 Å². The molecular formula is C20H24N2O6. The molecule has 1 aromatic heterocycles. The molecule has 1 atom stereocenters. The van der Waals surface area contributed by atoms with E-state index in [2.05, 4.69) is 10.6 Å². The quantitative estimate of drug-likeness (QED) is 0.732. The average molecular weight is 388 g/mol. The molecule has 2 rings (SSSR count). The van der Waals surface area contributed by atoms with Crippen LogP contribution in [0.15, 0.2) is 47.1 Å². The van der Waals surface area contributed by atoms with Crippen LogP contribution in [0.4, 0.5) is 10.5 Å². The van der Waals surface area contributed by atoms with Crippen LogP contribution in [0.5, 0.6) is 0 Å². The standard InChI is InChI=1S/C20H24N2O6/c1-13(16-9-6-10-26-16)21-17(23)12-27-18(24)14-7-5-8-15(11-14)22-19(25)28-20(2,3)4/h5-11,13H,12H2,1-4H3,(H,21,23)(H,22,25)/t13-/m1/s1. The van der Waals surface area contributed by atoms with E-state index in [1.165, 1.54) is 18.4 Å². The molecule has 0 aliphatic rings. The number of carbonyl (C=O) groups is 3. The SMILES string of the molecule is C[C@@H](NC(=O)COC(=O)c1cccc(NC(=O)OC(C)(C)C)c1)c1ccco1. The van der Waals surface area contributed by atoms with Gasteiger partial charge >= 0.3 is 12.1 Å². The molecule has 2 aromatic rings. The Hall–Kier alpha value is -3.29. The minimum Gasteiger partial charge on any atom is -0.467 e. The van der Waals surface area contributed by atoms with Gasteiger partial charge in [0.15, 0.2) is 6.61 Å². The lowest BCUT2D eigenvalue weighted by atomic mass is 10.2. The Morgan fingerprint density at radius 2 is 1.89 bits per heavy atom. The third kappa shape index (κ3) is 6.79. The number of furan rings is 1. The molecule has 150 valence electrons. The van der Waals surface area contributed by atoms with E-state index in [1.54, 1.807) is 52.0 Å². The van der Waals surface area contributed by atoms with Gasteiger partial charge in [-0.1, -0.05) is 6.07 Å². The molecule has 0 unspecified atom stereocenters. The van der Waals surface area contributed by atoms with Crippen LogP contribution in [0.3, 0.4) is 0 Å². The van der Waals surface area contributed by atoms with E-state index in [4.69, 9.17) is 13.9 Å². The van der Waals surface area contributed by atoms with Crippen LogP contribution < -0.4 is 10.6 Å². The monoisotopic (exact) mass is 388 g/mol. The fourth-order valence-corrected chi connectivity index (χ4v) is 2.25. The number of amides is 2. The van der Waals surface area contributed by atoms with Gasteiger partial charge in [-0.15, -0.1) is 0 Å². The Morgan fingerprint density at radius 1 is 1.14 bits per heavy atom. The highest BCUT2D eigenvalue weighted by molar-refractivity contribution is 5.93. The number of hydrogen-bond acceptors (Lipinski definition) is 6. The number of benzene rings is 1. The maximum absolute atomic E-state index is 12.2. The van der Waals surface area contributed by atoms with E-state index in [9.17, 15) is 14.4 Å². The molecule has 2 N–H and O–H groups in total. The second-order valence-electron chi connectivity index (χ2n) is 7.09. The van der Waals surface area contributed by atoms with Gasteiger partial charge in [-0.05, 0) is 58.0 Å². The lowest BCUT2D eigenvalue weighted by Crippen LogP contribution is -2.31. The zero-order valence-corrected chi connectivity index (χ0v) is 16.3. The topological polar surface area (TPSA) is 107 Å². The van der Waals surface area contributed by atoms with Crippen LogP contribution in [-0.4, -0.2) is 30.2 Å². The van der Waals surface area contributed by atoms with E-state index in [0.29, 0.717) is 11.4 Å². The Balaban J connectivity index is 1.86. The van der Waals surface area contributed by atoms with Crippen LogP contribution in [0.2, 0.25) is 0 Å². The molecule has 0 fully saturated rings. The molecule has 0 radical (unpaired) electrons. The maximum atomic E-state index is 12.2. The van der Waals surface area contributed by atoms with Gasteiger partial charge in [0, 0.05) is 5.69 Å². The van der Waals surface area contributed by atoms with Crippen molar-refractivity contribution in [2.24, 2.45) is 0 Å². The van der Waals surface area contributed by atoms with Gasteiger partial charge in [-0.2, -0.15) is 0 Å². The maximum Gasteiger partial charge on any atom is 0.412 e. The first-order valence-electron chi connectivity index (χ1n) is 8.74. The minimum atomic E-state index is -0.686. The van der Waals surface area contributed by atoms with Crippen molar-refractivity contribution in [2.75, 3.05) is 11.9 Å². The Bertz CT molecular complexity index is 823. The highest BCUT2D eigenvalue weighted by atomic mass is 16.6. The van der Waals surface area contributed by atoms with Crippen molar-refractivity contribution in [3.8, 4) is 0 Å². The first-order valence-corrected chi connectivity index (χ1v) is 8.74. The first-order chi connectivity index (χ1) is 13.1. The molecule has 8 nitrogen and oxygen atoms in total. The van der Waals surface area contributed by atoms with Gasteiger partial charge in [0.25, 0.3) is 5.91 Å². The molecule has 0 aliphatic heterocycles. The van der Waals surface area contributed by atoms with Crippen LogP contribution >= 0.6 is 0 Å². The minimum absolute atomic E-state index is 0.195. The summed E-state index contributed by atoms with van der Waals surface area (Å²) in [6.07, 6.45) is 0.875. The lowest BCUT2D eigenvalue weighted by Gasteiger charge is -2.19. The predicted molar refractivity (Wildman–Crippen MR) is 102 cm³/mol. The molecule has 28 heavy (non-hydrogen) atoms. The molecule has 0 bridgehead atoms. The molecule has 0 aliphatic carbocycles. The van der Waals surface area contributed by atoms with Gasteiger partial charge in [0.2, 0.25) is 0 Å². The molecule has 1 aromatic carbocycles. The van der Waals surface area contributed by atoms with Crippen molar-refractivity contribution in [3.05, 3.63) is 54.0 Å². The highest BCUT2D eigenvalue weighted by Crippen LogP contribution is 2.15.